The van der Waals surface area contributed by atoms with Crippen molar-refractivity contribution in [2.75, 3.05) is 7.05 Å². The minimum absolute atomic E-state index is 0.442. The Labute approximate surface area is 75.9 Å². The number of nitrogens with zero attached hydrogens (tertiary/aromatic N) is 1. The lowest BCUT2D eigenvalue weighted by Gasteiger charge is -2.29. The van der Waals surface area contributed by atoms with Crippen molar-refractivity contribution in [3.63, 3.8) is 0 Å². The van der Waals surface area contributed by atoms with E-state index in [0.717, 1.165) is 5.70 Å². The van der Waals surface area contributed by atoms with Gasteiger partial charge >= 0.3 is 0 Å². The molecular formula is C10H20N2. The molecule has 0 radical (unpaired) electrons. The molecule has 0 atom stereocenters. The highest BCUT2D eigenvalue weighted by molar-refractivity contribution is 5.20. The maximum Gasteiger partial charge on any atom is 0.0503 e. The molecule has 0 heterocycles. The maximum atomic E-state index is 3.79. The van der Waals surface area contributed by atoms with E-state index in [0.29, 0.717) is 6.04 Å². The van der Waals surface area contributed by atoms with Crippen molar-refractivity contribution < 1.29 is 0 Å². The van der Waals surface area contributed by atoms with E-state index in [1.807, 2.05) is 13.1 Å². The first-order valence-electron chi connectivity index (χ1n) is 4.31. The van der Waals surface area contributed by atoms with Crippen molar-refractivity contribution in [2.24, 2.45) is 0 Å². The Balaban J connectivity index is 4.69. The summed E-state index contributed by atoms with van der Waals surface area (Å²) in [7, 11) is 1.92. The Morgan fingerprint density at radius 2 is 1.92 bits per heavy atom. The van der Waals surface area contributed by atoms with Gasteiger partial charge in [-0.2, -0.15) is 0 Å². The van der Waals surface area contributed by atoms with Crippen LogP contribution in [0.4, 0.5) is 0 Å². The van der Waals surface area contributed by atoms with Gasteiger partial charge in [-0.15, -0.1) is 0 Å². The van der Waals surface area contributed by atoms with E-state index < -0.39 is 0 Å². The number of allylic oxidation sites excluding steroid dienone is 2. The first-order chi connectivity index (χ1) is 5.54. The molecule has 0 aliphatic carbocycles. The fourth-order valence-corrected chi connectivity index (χ4v) is 1.20. The molecule has 0 aliphatic heterocycles. The van der Waals surface area contributed by atoms with Crippen LogP contribution in [0.15, 0.2) is 23.9 Å². The molecule has 0 amide bonds. The number of rotatable bonds is 4. The lowest BCUT2D eigenvalue weighted by molar-refractivity contribution is 0.223. The number of hydrogen-bond acceptors (Lipinski definition) is 2. The smallest absolute Gasteiger partial charge is 0.0503 e. The monoisotopic (exact) mass is 168 g/mol. The van der Waals surface area contributed by atoms with Gasteiger partial charge in [0.2, 0.25) is 0 Å². The molecule has 0 unspecified atom stereocenters. The lowest BCUT2D eigenvalue weighted by atomic mass is 10.2. The third-order valence-electron chi connectivity index (χ3n) is 1.72. The molecule has 0 spiro atoms. The van der Waals surface area contributed by atoms with Crippen LogP contribution in [0.1, 0.15) is 27.7 Å². The lowest BCUT2D eigenvalue weighted by Crippen LogP contribution is -2.39. The van der Waals surface area contributed by atoms with Crippen LogP contribution in [0, 0.1) is 0 Å². The molecule has 0 saturated heterocycles. The van der Waals surface area contributed by atoms with Gasteiger partial charge in [-0.05, 0) is 33.8 Å². The van der Waals surface area contributed by atoms with Gasteiger partial charge in [0.1, 0.15) is 0 Å². The summed E-state index contributed by atoms with van der Waals surface area (Å²) < 4.78 is 0. The van der Waals surface area contributed by atoms with Gasteiger partial charge in [0.25, 0.3) is 0 Å². The Bertz CT molecular complexity index is 176. The van der Waals surface area contributed by atoms with Gasteiger partial charge in [0.15, 0.2) is 0 Å². The van der Waals surface area contributed by atoms with Gasteiger partial charge in [0.05, 0.1) is 5.70 Å². The zero-order valence-corrected chi connectivity index (χ0v) is 8.81. The maximum absolute atomic E-state index is 3.79. The topological polar surface area (TPSA) is 15.3 Å². The van der Waals surface area contributed by atoms with Gasteiger partial charge in [0, 0.05) is 13.1 Å². The van der Waals surface area contributed by atoms with Crippen molar-refractivity contribution >= 4 is 0 Å². The third-order valence-corrected chi connectivity index (χ3v) is 1.72. The molecule has 0 bridgehead atoms. The van der Waals surface area contributed by atoms with E-state index in [-0.39, 0.29) is 0 Å². The summed E-state index contributed by atoms with van der Waals surface area (Å²) in [5, 5.41) is 2.10. The molecule has 12 heavy (non-hydrogen) atoms. The Morgan fingerprint density at radius 1 is 1.42 bits per heavy atom. The second kappa shape index (κ2) is 4.99. The van der Waals surface area contributed by atoms with Crippen molar-refractivity contribution in [2.45, 2.75) is 33.7 Å². The minimum atomic E-state index is 0.442. The minimum Gasteiger partial charge on any atom is -0.306 e. The SMILES string of the molecule is C=CC(=C(C)C)N(NC)C(C)C. The fourth-order valence-electron chi connectivity index (χ4n) is 1.20. The van der Waals surface area contributed by atoms with Crippen LogP contribution in [-0.2, 0) is 0 Å². The second-order valence-corrected chi connectivity index (χ2v) is 3.28. The third kappa shape index (κ3) is 2.70. The highest BCUT2D eigenvalue weighted by atomic mass is 15.5. The quantitative estimate of drug-likeness (QED) is 0.512. The van der Waals surface area contributed by atoms with E-state index >= 15 is 0 Å². The van der Waals surface area contributed by atoms with Crippen LogP contribution < -0.4 is 5.43 Å². The Morgan fingerprint density at radius 3 is 2.00 bits per heavy atom. The molecule has 2 nitrogen and oxygen atoms in total. The van der Waals surface area contributed by atoms with Crippen LogP contribution in [0.5, 0.6) is 0 Å². The summed E-state index contributed by atoms with van der Waals surface area (Å²) in [5.74, 6) is 0. The zero-order valence-electron chi connectivity index (χ0n) is 8.81. The van der Waals surface area contributed by atoms with Crippen LogP contribution in [0.25, 0.3) is 0 Å². The normalized spacial score (nSPS) is 9.83. The van der Waals surface area contributed by atoms with Crippen molar-refractivity contribution in [1.29, 1.82) is 0 Å². The van der Waals surface area contributed by atoms with Crippen molar-refractivity contribution in [3.8, 4) is 0 Å². The van der Waals surface area contributed by atoms with Gasteiger partial charge < -0.3 is 5.01 Å². The van der Waals surface area contributed by atoms with E-state index in [9.17, 15) is 0 Å². The van der Waals surface area contributed by atoms with E-state index in [2.05, 4.69) is 44.7 Å². The molecule has 0 rings (SSSR count). The Kier molecular flexibility index (Phi) is 4.67. The molecule has 0 aromatic carbocycles. The molecule has 0 aliphatic rings. The molecule has 2 heteroatoms. The second-order valence-electron chi connectivity index (χ2n) is 3.28. The average molecular weight is 168 g/mol. The summed E-state index contributed by atoms with van der Waals surface area (Å²) >= 11 is 0. The molecule has 0 aromatic rings. The average Bonchev–Trinajstić information content (AvgIpc) is 1.98. The standard InChI is InChI=1S/C10H20N2/c1-7-10(8(2)3)12(11-6)9(4)5/h7,9,11H,1H2,2-6H3. The van der Waals surface area contributed by atoms with Gasteiger partial charge in [-0.1, -0.05) is 12.2 Å². The number of hydrazine groups is 1. The summed E-state index contributed by atoms with van der Waals surface area (Å²) in [6, 6.07) is 0.442. The molecule has 0 saturated carbocycles. The fraction of sp³-hybridized carbons (Fsp3) is 0.600. The number of nitrogens with one attached hydrogen (secondary N) is 1. The first-order valence-corrected chi connectivity index (χ1v) is 4.31. The van der Waals surface area contributed by atoms with E-state index in [4.69, 9.17) is 0 Å². The molecule has 0 fully saturated rings. The van der Waals surface area contributed by atoms with E-state index in [1.54, 1.807) is 0 Å². The predicted octanol–water partition coefficient (Wildman–Crippen LogP) is 2.31. The molecular weight excluding hydrogens is 148 g/mol. The van der Waals surface area contributed by atoms with Crippen LogP contribution in [0.3, 0.4) is 0 Å². The van der Waals surface area contributed by atoms with Crippen molar-refractivity contribution in [1.82, 2.24) is 10.4 Å². The van der Waals surface area contributed by atoms with Gasteiger partial charge in [-0.25, -0.2) is 5.43 Å². The molecule has 70 valence electrons. The highest BCUT2D eigenvalue weighted by Gasteiger charge is 2.08. The zero-order chi connectivity index (χ0) is 9.72. The molecule has 0 aromatic heterocycles. The van der Waals surface area contributed by atoms with Crippen LogP contribution in [0.2, 0.25) is 0 Å². The Hall–Kier alpha value is -0.760. The summed E-state index contributed by atoms with van der Waals surface area (Å²) in [5.41, 5.74) is 5.57. The summed E-state index contributed by atoms with van der Waals surface area (Å²) in [4.78, 5) is 0. The van der Waals surface area contributed by atoms with Crippen molar-refractivity contribution in [3.05, 3.63) is 23.9 Å². The first kappa shape index (κ1) is 11.2. The summed E-state index contributed by atoms with van der Waals surface area (Å²) in [6.07, 6.45) is 1.88. The summed E-state index contributed by atoms with van der Waals surface area (Å²) in [6.45, 7) is 12.3. The number of hydrogen-bond donors (Lipinski definition) is 1. The molecule has 1 N–H and O–H groups in total. The largest absolute Gasteiger partial charge is 0.306 e. The highest BCUT2D eigenvalue weighted by Crippen LogP contribution is 2.11. The van der Waals surface area contributed by atoms with Crippen LogP contribution >= 0.6 is 0 Å². The van der Waals surface area contributed by atoms with E-state index in [1.165, 1.54) is 5.57 Å². The predicted molar refractivity (Wildman–Crippen MR) is 54.6 cm³/mol. The van der Waals surface area contributed by atoms with Crippen LogP contribution in [-0.4, -0.2) is 18.1 Å². The van der Waals surface area contributed by atoms with Gasteiger partial charge in [-0.3, -0.25) is 0 Å².